The molecule has 1 heterocycles. The van der Waals surface area contributed by atoms with Gasteiger partial charge >= 0.3 is 0 Å². The second kappa shape index (κ2) is 5.63. The van der Waals surface area contributed by atoms with Gasteiger partial charge in [0.05, 0.1) is 13.2 Å². The fourth-order valence-electron chi connectivity index (χ4n) is 1.98. The van der Waals surface area contributed by atoms with Crippen LogP contribution in [0.15, 0.2) is 24.3 Å². The molecule has 3 nitrogen and oxygen atoms in total. The summed E-state index contributed by atoms with van der Waals surface area (Å²) in [6, 6.07) is 7.42. The lowest BCUT2D eigenvalue weighted by molar-refractivity contribution is 0.0463. The third-order valence-electron chi connectivity index (χ3n) is 2.81. The Hall–Kier alpha value is -0.900. The summed E-state index contributed by atoms with van der Waals surface area (Å²) >= 11 is 5.78. The van der Waals surface area contributed by atoms with Gasteiger partial charge < -0.3 is 10.1 Å². The van der Waals surface area contributed by atoms with Crippen LogP contribution < -0.4 is 5.32 Å². The van der Waals surface area contributed by atoms with Crippen molar-refractivity contribution in [3.63, 3.8) is 0 Å². The van der Waals surface area contributed by atoms with Crippen LogP contribution in [0, 0.1) is 0 Å². The van der Waals surface area contributed by atoms with Gasteiger partial charge in [0, 0.05) is 29.1 Å². The Kier molecular flexibility index (Phi) is 4.15. The fourth-order valence-corrected chi connectivity index (χ4v) is 2.11. The van der Waals surface area contributed by atoms with Gasteiger partial charge in [0.15, 0.2) is 5.78 Å². The number of ether oxygens (including phenoxy) is 1. The van der Waals surface area contributed by atoms with E-state index >= 15 is 0 Å². The van der Waals surface area contributed by atoms with Gasteiger partial charge in [0.25, 0.3) is 0 Å². The second-order valence-corrected chi connectivity index (χ2v) is 4.87. The molecule has 92 valence electrons. The SMILES string of the molecule is CC1COCC(CC(=O)c2ccc(Cl)cc2)N1. The monoisotopic (exact) mass is 253 g/mol. The van der Waals surface area contributed by atoms with Crippen LogP contribution in [0.5, 0.6) is 0 Å². The van der Waals surface area contributed by atoms with E-state index in [-0.39, 0.29) is 11.8 Å². The Balaban J connectivity index is 1.94. The van der Waals surface area contributed by atoms with Crippen molar-refractivity contribution in [2.75, 3.05) is 13.2 Å². The molecule has 1 saturated heterocycles. The molecule has 0 amide bonds. The minimum atomic E-state index is 0.113. The zero-order chi connectivity index (χ0) is 12.3. The van der Waals surface area contributed by atoms with E-state index in [0.29, 0.717) is 36.3 Å². The first-order chi connectivity index (χ1) is 8.15. The van der Waals surface area contributed by atoms with E-state index in [9.17, 15) is 4.79 Å². The standard InChI is InChI=1S/C13H16ClNO2/c1-9-7-17-8-12(15-9)6-13(16)10-2-4-11(14)5-3-10/h2-5,9,12,15H,6-8H2,1H3. The van der Waals surface area contributed by atoms with Gasteiger partial charge in [0.2, 0.25) is 0 Å². The summed E-state index contributed by atoms with van der Waals surface area (Å²) in [4.78, 5) is 12.0. The maximum absolute atomic E-state index is 12.0. The lowest BCUT2D eigenvalue weighted by atomic mass is 10.0. The summed E-state index contributed by atoms with van der Waals surface area (Å²) in [5.41, 5.74) is 0.703. The number of hydrogen-bond acceptors (Lipinski definition) is 3. The van der Waals surface area contributed by atoms with E-state index in [0.717, 1.165) is 0 Å². The molecular weight excluding hydrogens is 238 g/mol. The summed E-state index contributed by atoms with van der Waals surface area (Å²) in [5, 5.41) is 4.00. The molecule has 0 aliphatic carbocycles. The lowest BCUT2D eigenvalue weighted by Gasteiger charge is -2.28. The topological polar surface area (TPSA) is 38.3 Å². The molecule has 4 heteroatoms. The fraction of sp³-hybridized carbons (Fsp3) is 0.462. The van der Waals surface area contributed by atoms with Crippen LogP contribution in [-0.2, 0) is 4.74 Å². The van der Waals surface area contributed by atoms with Crippen LogP contribution in [0.3, 0.4) is 0 Å². The van der Waals surface area contributed by atoms with Gasteiger partial charge in [-0.3, -0.25) is 4.79 Å². The number of carbonyl (C=O) groups excluding carboxylic acids is 1. The van der Waals surface area contributed by atoms with Crippen molar-refractivity contribution < 1.29 is 9.53 Å². The largest absolute Gasteiger partial charge is 0.378 e. The minimum absolute atomic E-state index is 0.113. The zero-order valence-corrected chi connectivity index (χ0v) is 10.5. The molecular formula is C13H16ClNO2. The van der Waals surface area contributed by atoms with E-state index < -0.39 is 0 Å². The summed E-state index contributed by atoms with van der Waals surface area (Å²) in [6.07, 6.45) is 0.464. The zero-order valence-electron chi connectivity index (χ0n) is 9.78. The van der Waals surface area contributed by atoms with Gasteiger partial charge in [-0.25, -0.2) is 0 Å². The van der Waals surface area contributed by atoms with Crippen LogP contribution in [-0.4, -0.2) is 31.1 Å². The number of Topliss-reactive ketones (excluding diaryl/α,β-unsaturated/α-hetero) is 1. The van der Waals surface area contributed by atoms with Gasteiger partial charge in [-0.15, -0.1) is 0 Å². The Morgan fingerprint density at radius 1 is 1.41 bits per heavy atom. The molecule has 0 radical (unpaired) electrons. The molecule has 1 fully saturated rings. The third-order valence-corrected chi connectivity index (χ3v) is 3.06. The molecule has 0 aromatic heterocycles. The van der Waals surface area contributed by atoms with Crippen LogP contribution in [0.1, 0.15) is 23.7 Å². The highest BCUT2D eigenvalue weighted by molar-refractivity contribution is 6.30. The molecule has 0 spiro atoms. The molecule has 17 heavy (non-hydrogen) atoms. The Morgan fingerprint density at radius 2 is 2.12 bits per heavy atom. The number of carbonyl (C=O) groups is 1. The Labute approximate surface area is 106 Å². The highest BCUT2D eigenvalue weighted by atomic mass is 35.5. The molecule has 0 saturated carbocycles. The van der Waals surface area contributed by atoms with Crippen LogP contribution in [0.25, 0.3) is 0 Å². The van der Waals surface area contributed by atoms with Crippen molar-refractivity contribution in [1.29, 1.82) is 0 Å². The molecule has 2 atom stereocenters. The van der Waals surface area contributed by atoms with Crippen molar-refractivity contribution in [1.82, 2.24) is 5.32 Å². The summed E-state index contributed by atoms with van der Waals surface area (Å²) in [6.45, 7) is 3.37. The van der Waals surface area contributed by atoms with E-state index in [1.807, 2.05) is 0 Å². The number of nitrogens with one attached hydrogen (secondary N) is 1. The maximum Gasteiger partial charge on any atom is 0.164 e. The number of halogens is 1. The number of ketones is 1. The van der Waals surface area contributed by atoms with Crippen LogP contribution in [0.4, 0.5) is 0 Å². The first kappa shape index (κ1) is 12.6. The summed E-state index contributed by atoms with van der Waals surface area (Å²) in [5.74, 6) is 0.122. The van der Waals surface area contributed by atoms with Crippen LogP contribution >= 0.6 is 11.6 Å². The summed E-state index contributed by atoms with van der Waals surface area (Å²) in [7, 11) is 0. The van der Waals surface area contributed by atoms with Gasteiger partial charge in [0.1, 0.15) is 0 Å². The first-order valence-electron chi connectivity index (χ1n) is 5.77. The van der Waals surface area contributed by atoms with Crippen molar-refractivity contribution in [2.24, 2.45) is 0 Å². The van der Waals surface area contributed by atoms with E-state index in [1.54, 1.807) is 24.3 Å². The quantitative estimate of drug-likeness (QED) is 0.840. The average Bonchev–Trinajstić information content (AvgIpc) is 2.29. The average molecular weight is 254 g/mol. The number of rotatable bonds is 3. The molecule has 0 bridgehead atoms. The highest BCUT2D eigenvalue weighted by Gasteiger charge is 2.21. The molecule has 1 N–H and O–H groups in total. The van der Waals surface area contributed by atoms with Crippen molar-refractivity contribution >= 4 is 17.4 Å². The second-order valence-electron chi connectivity index (χ2n) is 4.44. The van der Waals surface area contributed by atoms with Crippen LogP contribution in [0.2, 0.25) is 5.02 Å². The van der Waals surface area contributed by atoms with E-state index in [2.05, 4.69) is 12.2 Å². The van der Waals surface area contributed by atoms with Crippen molar-refractivity contribution in [2.45, 2.75) is 25.4 Å². The number of hydrogen-bond donors (Lipinski definition) is 1. The van der Waals surface area contributed by atoms with Gasteiger partial charge in [-0.05, 0) is 31.2 Å². The highest BCUT2D eigenvalue weighted by Crippen LogP contribution is 2.13. The van der Waals surface area contributed by atoms with E-state index in [1.165, 1.54) is 0 Å². The van der Waals surface area contributed by atoms with Gasteiger partial charge in [-0.2, -0.15) is 0 Å². The Morgan fingerprint density at radius 3 is 2.76 bits per heavy atom. The number of morpholine rings is 1. The Bertz CT molecular complexity index is 391. The molecule has 1 aromatic carbocycles. The first-order valence-corrected chi connectivity index (χ1v) is 6.15. The van der Waals surface area contributed by atoms with Crippen molar-refractivity contribution in [3.05, 3.63) is 34.9 Å². The van der Waals surface area contributed by atoms with Gasteiger partial charge in [-0.1, -0.05) is 11.6 Å². The normalized spacial score (nSPS) is 24.6. The smallest absolute Gasteiger partial charge is 0.164 e. The lowest BCUT2D eigenvalue weighted by Crippen LogP contribution is -2.48. The third kappa shape index (κ3) is 3.53. The molecule has 2 rings (SSSR count). The maximum atomic E-state index is 12.0. The molecule has 2 unspecified atom stereocenters. The minimum Gasteiger partial charge on any atom is -0.378 e. The number of benzene rings is 1. The van der Waals surface area contributed by atoms with E-state index in [4.69, 9.17) is 16.3 Å². The molecule has 1 aromatic rings. The summed E-state index contributed by atoms with van der Waals surface area (Å²) < 4.78 is 5.41. The van der Waals surface area contributed by atoms with Crippen molar-refractivity contribution in [3.8, 4) is 0 Å². The predicted molar refractivity (Wildman–Crippen MR) is 67.6 cm³/mol. The molecule has 1 aliphatic rings. The molecule has 1 aliphatic heterocycles. The predicted octanol–water partition coefficient (Wildman–Crippen LogP) is 2.29.